The minimum Gasteiger partial charge on any atom is -0.339 e. The topological polar surface area (TPSA) is 62.9 Å². The summed E-state index contributed by atoms with van der Waals surface area (Å²) in [6.45, 7) is 8.69. The maximum atomic E-state index is 12.4. The van der Waals surface area contributed by atoms with Gasteiger partial charge in [-0.25, -0.2) is 9.48 Å². The van der Waals surface area contributed by atoms with Crippen LogP contribution in [-0.2, 0) is 11.3 Å². The average molecular weight is 317 g/mol. The van der Waals surface area contributed by atoms with E-state index in [1.165, 1.54) is 9.08 Å². The molecule has 0 atom stereocenters. The first-order chi connectivity index (χ1) is 11.0. The van der Waals surface area contributed by atoms with Gasteiger partial charge in [-0.1, -0.05) is 19.9 Å². The number of hydrogen-bond donors (Lipinski definition) is 0. The fraction of sp³-hybridized carbons (Fsp3) is 0.562. The molecule has 1 saturated heterocycles. The molecule has 1 aliphatic heterocycles. The molecule has 7 heteroatoms. The van der Waals surface area contributed by atoms with E-state index in [9.17, 15) is 9.59 Å². The summed E-state index contributed by atoms with van der Waals surface area (Å²) in [5.74, 6) is 0.591. The van der Waals surface area contributed by atoms with Crippen molar-refractivity contribution in [1.29, 1.82) is 0 Å². The van der Waals surface area contributed by atoms with Crippen LogP contribution in [-0.4, -0.2) is 62.6 Å². The Hall–Kier alpha value is -2.15. The highest BCUT2D eigenvalue weighted by Gasteiger charge is 2.22. The molecule has 2 aromatic rings. The molecule has 0 spiro atoms. The Bertz CT molecular complexity index is 740. The van der Waals surface area contributed by atoms with Gasteiger partial charge in [0.15, 0.2) is 5.65 Å². The number of piperazine rings is 1. The molecule has 0 radical (unpaired) electrons. The number of pyridine rings is 1. The Morgan fingerprint density at radius 2 is 1.96 bits per heavy atom. The van der Waals surface area contributed by atoms with Crippen molar-refractivity contribution in [2.75, 3.05) is 32.7 Å². The molecule has 1 aliphatic rings. The summed E-state index contributed by atoms with van der Waals surface area (Å²) < 4.78 is 2.70. The van der Waals surface area contributed by atoms with Crippen LogP contribution < -0.4 is 5.69 Å². The molecule has 0 N–H and O–H groups in total. The van der Waals surface area contributed by atoms with Gasteiger partial charge in [-0.15, -0.1) is 5.10 Å². The number of fused-ring (bicyclic) bond motifs is 1. The highest BCUT2D eigenvalue weighted by Crippen LogP contribution is 2.06. The second-order valence-electron chi connectivity index (χ2n) is 6.44. The molecule has 23 heavy (non-hydrogen) atoms. The highest BCUT2D eigenvalue weighted by atomic mass is 16.2. The molecule has 0 saturated carbocycles. The van der Waals surface area contributed by atoms with Crippen molar-refractivity contribution in [3.05, 3.63) is 34.9 Å². The van der Waals surface area contributed by atoms with Gasteiger partial charge in [0, 0.05) is 38.9 Å². The zero-order valence-corrected chi connectivity index (χ0v) is 13.7. The lowest BCUT2D eigenvalue weighted by Gasteiger charge is -2.35. The third kappa shape index (κ3) is 3.44. The minimum atomic E-state index is -0.271. The Morgan fingerprint density at radius 3 is 2.61 bits per heavy atom. The van der Waals surface area contributed by atoms with Crippen LogP contribution in [0.15, 0.2) is 29.2 Å². The summed E-state index contributed by atoms with van der Waals surface area (Å²) in [5.41, 5.74) is 0.291. The summed E-state index contributed by atoms with van der Waals surface area (Å²) in [5, 5.41) is 4.21. The highest BCUT2D eigenvalue weighted by molar-refractivity contribution is 5.76. The fourth-order valence-corrected chi connectivity index (χ4v) is 3.00. The van der Waals surface area contributed by atoms with E-state index >= 15 is 0 Å². The predicted octanol–water partition coefficient (Wildman–Crippen LogP) is 0.296. The number of carbonyl (C=O) groups is 1. The molecule has 3 rings (SSSR count). The molecule has 7 nitrogen and oxygen atoms in total. The zero-order chi connectivity index (χ0) is 16.4. The predicted molar refractivity (Wildman–Crippen MR) is 87.3 cm³/mol. The first-order valence-electron chi connectivity index (χ1n) is 8.09. The SMILES string of the molecule is CC(C)CN1CCN(C(=O)Cn2nc3ccccn3c2=O)CC1. The monoisotopic (exact) mass is 317 g/mol. The Morgan fingerprint density at radius 1 is 1.22 bits per heavy atom. The molecule has 1 fully saturated rings. The van der Waals surface area contributed by atoms with Gasteiger partial charge in [0.05, 0.1) is 0 Å². The lowest BCUT2D eigenvalue weighted by Crippen LogP contribution is -2.50. The van der Waals surface area contributed by atoms with E-state index in [-0.39, 0.29) is 18.1 Å². The molecule has 0 aromatic carbocycles. The lowest BCUT2D eigenvalue weighted by atomic mass is 10.2. The maximum Gasteiger partial charge on any atom is 0.350 e. The molecule has 0 bridgehead atoms. The Balaban J connectivity index is 1.63. The van der Waals surface area contributed by atoms with Gasteiger partial charge in [0.25, 0.3) is 0 Å². The smallest absolute Gasteiger partial charge is 0.339 e. The summed E-state index contributed by atoms with van der Waals surface area (Å²) in [4.78, 5) is 28.8. The number of hydrogen-bond acceptors (Lipinski definition) is 4. The van der Waals surface area contributed by atoms with Gasteiger partial charge >= 0.3 is 5.69 Å². The largest absolute Gasteiger partial charge is 0.350 e. The number of aromatic nitrogens is 3. The summed E-state index contributed by atoms with van der Waals surface area (Å²) in [6, 6.07) is 5.35. The number of rotatable bonds is 4. The minimum absolute atomic E-state index is 0.00466. The molecule has 3 heterocycles. The van der Waals surface area contributed by atoms with Crippen LogP contribution in [0.25, 0.3) is 5.65 Å². The van der Waals surface area contributed by atoms with Gasteiger partial charge in [-0.2, -0.15) is 0 Å². The van der Waals surface area contributed by atoms with Crippen molar-refractivity contribution in [3.63, 3.8) is 0 Å². The molecular formula is C16H23N5O2. The van der Waals surface area contributed by atoms with Crippen LogP contribution in [0.2, 0.25) is 0 Å². The zero-order valence-electron chi connectivity index (χ0n) is 13.7. The van der Waals surface area contributed by atoms with Crippen LogP contribution >= 0.6 is 0 Å². The summed E-state index contributed by atoms with van der Waals surface area (Å²) in [7, 11) is 0. The van der Waals surface area contributed by atoms with Crippen molar-refractivity contribution >= 4 is 11.6 Å². The van der Waals surface area contributed by atoms with Crippen molar-refractivity contribution in [2.45, 2.75) is 20.4 Å². The van der Waals surface area contributed by atoms with Crippen LogP contribution in [0.5, 0.6) is 0 Å². The summed E-state index contributed by atoms with van der Waals surface area (Å²) in [6.07, 6.45) is 1.66. The number of amides is 1. The first kappa shape index (κ1) is 15.7. The molecule has 0 aliphatic carbocycles. The van der Waals surface area contributed by atoms with E-state index in [1.807, 2.05) is 11.0 Å². The van der Waals surface area contributed by atoms with Crippen LogP contribution in [0.1, 0.15) is 13.8 Å². The van der Waals surface area contributed by atoms with Gasteiger partial charge in [-0.3, -0.25) is 14.1 Å². The van der Waals surface area contributed by atoms with Crippen LogP contribution in [0, 0.1) is 5.92 Å². The summed E-state index contributed by atoms with van der Waals surface area (Å²) >= 11 is 0. The third-order valence-electron chi connectivity index (χ3n) is 4.12. The first-order valence-corrected chi connectivity index (χ1v) is 8.09. The van der Waals surface area contributed by atoms with Gasteiger partial charge < -0.3 is 4.90 Å². The molecule has 124 valence electrons. The molecular weight excluding hydrogens is 294 g/mol. The maximum absolute atomic E-state index is 12.4. The standard InChI is InChI=1S/C16H23N5O2/c1-13(2)11-18-7-9-19(10-8-18)15(22)12-21-16(23)20-6-4-3-5-14(20)17-21/h3-6,13H,7-12H2,1-2H3. The van der Waals surface area contributed by atoms with E-state index in [0.29, 0.717) is 24.7 Å². The van der Waals surface area contributed by atoms with Gasteiger partial charge in [-0.05, 0) is 18.1 Å². The van der Waals surface area contributed by atoms with Crippen molar-refractivity contribution in [1.82, 2.24) is 24.0 Å². The molecule has 1 amide bonds. The van der Waals surface area contributed by atoms with Crippen LogP contribution in [0.3, 0.4) is 0 Å². The Kier molecular flexibility index (Phi) is 4.47. The second kappa shape index (κ2) is 6.54. The molecule has 0 unspecified atom stereocenters. The average Bonchev–Trinajstić information content (AvgIpc) is 2.84. The van der Waals surface area contributed by atoms with E-state index in [1.54, 1.807) is 18.3 Å². The molecule has 2 aromatic heterocycles. The number of carbonyl (C=O) groups excluding carboxylic acids is 1. The van der Waals surface area contributed by atoms with E-state index in [0.717, 1.165) is 19.6 Å². The van der Waals surface area contributed by atoms with Crippen molar-refractivity contribution in [2.24, 2.45) is 5.92 Å². The van der Waals surface area contributed by atoms with E-state index in [4.69, 9.17) is 0 Å². The van der Waals surface area contributed by atoms with Crippen molar-refractivity contribution < 1.29 is 4.79 Å². The quantitative estimate of drug-likeness (QED) is 0.813. The fourth-order valence-electron chi connectivity index (χ4n) is 3.00. The van der Waals surface area contributed by atoms with E-state index < -0.39 is 0 Å². The number of nitrogens with zero attached hydrogens (tertiary/aromatic N) is 5. The second-order valence-corrected chi connectivity index (χ2v) is 6.44. The normalized spacial score (nSPS) is 16.4. The van der Waals surface area contributed by atoms with Crippen LogP contribution in [0.4, 0.5) is 0 Å². The van der Waals surface area contributed by atoms with E-state index in [2.05, 4.69) is 23.8 Å². The van der Waals surface area contributed by atoms with Gasteiger partial charge in [0.1, 0.15) is 6.54 Å². The van der Waals surface area contributed by atoms with Crippen molar-refractivity contribution in [3.8, 4) is 0 Å². The van der Waals surface area contributed by atoms with Gasteiger partial charge in [0.2, 0.25) is 5.91 Å². The third-order valence-corrected chi connectivity index (χ3v) is 4.12. The lowest BCUT2D eigenvalue weighted by molar-refractivity contribution is -0.133. The Labute approximate surface area is 135 Å².